The number of H-pyrrole nitrogens is 1. The van der Waals surface area contributed by atoms with Crippen molar-refractivity contribution in [2.24, 2.45) is 0 Å². The first-order valence-electron chi connectivity index (χ1n) is 5.21. The highest BCUT2D eigenvalue weighted by molar-refractivity contribution is 5.67. The monoisotopic (exact) mass is 216 g/mol. The molecule has 0 bridgehead atoms. The zero-order valence-electron chi connectivity index (χ0n) is 9.79. The van der Waals surface area contributed by atoms with E-state index < -0.39 is 0 Å². The van der Waals surface area contributed by atoms with E-state index >= 15 is 0 Å². The largest absolute Gasteiger partial charge is 0.496 e. The average molecular weight is 216 g/mol. The van der Waals surface area contributed by atoms with Crippen molar-refractivity contribution in [3.8, 4) is 17.0 Å². The lowest BCUT2D eigenvalue weighted by Crippen LogP contribution is -1.92. The summed E-state index contributed by atoms with van der Waals surface area (Å²) in [5, 5.41) is 0. The number of aromatic amines is 1. The number of aromatic nitrogens is 1. The topological polar surface area (TPSA) is 51.0 Å². The Morgan fingerprint density at radius 1 is 1.12 bits per heavy atom. The van der Waals surface area contributed by atoms with Gasteiger partial charge in [0.15, 0.2) is 0 Å². The molecule has 0 aliphatic rings. The van der Waals surface area contributed by atoms with Crippen molar-refractivity contribution < 1.29 is 4.74 Å². The van der Waals surface area contributed by atoms with E-state index in [9.17, 15) is 0 Å². The number of hydrogen-bond donors (Lipinski definition) is 2. The fourth-order valence-corrected chi connectivity index (χ4v) is 2.01. The number of benzene rings is 1. The first-order valence-corrected chi connectivity index (χ1v) is 5.21. The molecule has 0 spiro atoms. The normalized spacial score (nSPS) is 10.4. The number of anilines is 1. The molecular weight excluding hydrogens is 200 g/mol. The Hall–Kier alpha value is -1.90. The quantitative estimate of drug-likeness (QED) is 0.811. The number of methoxy groups -OCH3 is 1. The average Bonchev–Trinajstić information content (AvgIpc) is 2.64. The van der Waals surface area contributed by atoms with Gasteiger partial charge in [0.1, 0.15) is 5.75 Å². The summed E-state index contributed by atoms with van der Waals surface area (Å²) in [6, 6.07) is 6.12. The van der Waals surface area contributed by atoms with Crippen LogP contribution in [0.5, 0.6) is 5.75 Å². The third-order valence-electron chi connectivity index (χ3n) is 2.68. The lowest BCUT2D eigenvalue weighted by molar-refractivity contribution is 0.408. The highest BCUT2D eigenvalue weighted by atomic mass is 16.5. The number of nitrogens with one attached hydrogen (secondary N) is 1. The molecule has 1 aromatic heterocycles. The summed E-state index contributed by atoms with van der Waals surface area (Å²) < 4.78 is 5.34. The molecule has 3 N–H and O–H groups in total. The van der Waals surface area contributed by atoms with Gasteiger partial charge in [-0.2, -0.15) is 0 Å². The van der Waals surface area contributed by atoms with Crippen molar-refractivity contribution >= 4 is 5.69 Å². The summed E-state index contributed by atoms with van der Waals surface area (Å²) in [6.07, 6.45) is 1.80. The van der Waals surface area contributed by atoms with Crippen LogP contribution in [-0.4, -0.2) is 12.1 Å². The molecule has 84 valence electrons. The van der Waals surface area contributed by atoms with Gasteiger partial charge in [-0.15, -0.1) is 0 Å². The molecule has 3 nitrogen and oxygen atoms in total. The van der Waals surface area contributed by atoms with Crippen LogP contribution in [0.2, 0.25) is 0 Å². The number of nitrogen functional groups attached to an aromatic ring is 1. The zero-order valence-corrected chi connectivity index (χ0v) is 9.79. The summed E-state index contributed by atoms with van der Waals surface area (Å²) >= 11 is 0. The molecule has 0 amide bonds. The molecule has 16 heavy (non-hydrogen) atoms. The van der Waals surface area contributed by atoms with E-state index in [4.69, 9.17) is 10.5 Å². The van der Waals surface area contributed by atoms with Gasteiger partial charge >= 0.3 is 0 Å². The molecule has 0 saturated heterocycles. The standard InChI is InChI=1S/C13H16N2O/c1-8-4-10(5-9(2)13(8)16-3)12-6-11(14)7-15-12/h4-7,15H,14H2,1-3H3. The molecule has 0 fully saturated rings. The van der Waals surface area contributed by atoms with Crippen molar-refractivity contribution in [1.29, 1.82) is 0 Å². The van der Waals surface area contributed by atoms with E-state index in [1.165, 1.54) is 0 Å². The second-order valence-electron chi connectivity index (χ2n) is 3.99. The minimum absolute atomic E-state index is 0.751. The maximum atomic E-state index is 5.69. The van der Waals surface area contributed by atoms with E-state index in [2.05, 4.69) is 17.1 Å². The van der Waals surface area contributed by atoms with Crippen molar-refractivity contribution in [1.82, 2.24) is 4.98 Å². The number of nitrogens with two attached hydrogens (primary N) is 1. The minimum Gasteiger partial charge on any atom is -0.496 e. The molecular formula is C13H16N2O. The lowest BCUT2D eigenvalue weighted by atomic mass is 10.0. The molecule has 0 radical (unpaired) electrons. The van der Waals surface area contributed by atoms with Crippen LogP contribution in [0.4, 0.5) is 5.69 Å². The van der Waals surface area contributed by atoms with Crippen molar-refractivity contribution in [2.75, 3.05) is 12.8 Å². The summed E-state index contributed by atoms with van der Waals surface area (Å²) in [5.74, 6) is 0.947. The van der Waals surface area contributed by atoms with Crippen molar-refractivity contribution in [2.45, 2.75) is 13.8 Å². The highest BCUT2D eigenvalue weighted by Crippen LogP contribution is 2.29. The Bertz CT molecular complexity index is 491. The van der Waals surface area contributed by atoms with Crippen LogP contribution in [0.1, 0.15) is 11.1 Å². The Morgan fingerprint density at radius 3 is 2.19 bits per heavy atom. The van der Waals surface area contributed by atoms with Crippen molar-refractivity contribution in [3.05, 3.63) is 35.5 Å². The minimum atomic E-state index is 0.751. The molecule has 2 aromatic rings. The van der Waals surface area contributed by atoms with E-state index in [0.717, 1.165) is 33.8 Å². The maximum absolute atomic E-state index is 5.69. The molecule has 0 aliphatic heterocycles. The molecule has 0 unspecified atom stereocenters. The molecule has 0 aliphatic carbocycles. The van der Waals surface area contributed by atoms with Gasteiger partial charge in [-0.25, -0.2) is 0 Å². The van der Waals surface area contributed by atoms with E-state index in [-0.39, 0.29) is 0 Å². The smallest absolute Gasteiger partial charge is 0.124 e. The first kappa shape index (κ1) is 10.6. The molecule has 0 atom stereocenters. The van der Waals surface area contributed by atoms with E-state index in [0.29, 0.717) is 0 Å². The molecule has 2 rings (SSSR count). The molecule has 1 heterocycles. The van der Waals surface area contributed by atoms with Gasteiger partial charge in [0.2, 0.25) is 0 Å². The molecule has 3 heteroatoms. The van der Waals surface area contributed by atoms with Gasteiger partial charge in [-0.3, -0.25) is 0 Å². The Labute approximate surface area is 95.2 Å². The first-order chi connectivity index (χ1) is 7.61. The van der Waals surface area contributed by atoms with Gasteiger partial charge in [0, 0.05) is 17.6 Å². The summed E-state index contributed by atoms with van der Waals surface area (Å²) in [4.78, 5) is 3.15. The predicted molar refractivity (Wildman–Crippen MR) is 66.7 cm³/mol. The summed E-state index contributed by atoms with van der Waals surface area (Å²) in [5.41, 5.74) is 10.9. The number of ether oxygens (including phenoxy) is 1. The maximum Gasteiger partial charge on any atom is 0.124 e. The van der Waals surface area contributed by atoms with Gasteiger partial charge < -0.3 is 15.5 Å². The fraction of sp³-hybridized carbons (Fsp3) is 0.231. The van der Waals surface area contributed by atoms with Crippen LogP contribution in [0.25, 0.3) is 11.3 Å². The van der Waals surface area contributed by atoms with Gasteiger partial charge in [-0.05, 0) is 48.7 Å². The van der Waals surface area contributed by atoms with E-state index in [1.54, 1.807) is 13.3 Å². The SMILES string of the molecule is COc1c(C)cc(-c2cc(N)c[nH]2)cc1C. The fourth-order valence-electron chi connectivity index (χ4n) is 2.01. The van der Waals surface area contributed by atoms with Crippen LogP contribution < -0.4 is 10.5 Å². The molecule has 1 aromatic carbocycles. The van der Waals surface area contributed by atoms with Crippen molar-refractivity contribution in [3.63, 3.8) is 0 Å². The Morgan fingerprint density at radius 2 is 1.75 bits per heavy atom. The number of aryl methyl sites for hydroxylation is 2. The van der Waals surface area contributed by atoms with Crippen LogP contribution >= 0.6 is 0 Å². The summed E-state index contributed by atoms with van der Waals surface area (Å²) in [7, 11) is 1.70. The third kappa shape index (κ3) is 1.76. The summed E-state index contributed by atoms with van der Waals surface area (Å²) in [6.45, 7) is 4.09. The molecule has 0 saturated carbocycles. The van der Waals surface area contributed by atoms with Crippen LogP contribution in [0.3, 0.4) is 0 Å². The Kier molecular flexibility index (Phi) is 2.60. The van der Waals surface area contributed by atoms with Gasteiger partial charge in [0.25, 0.3) is 0 Å². The van der Waals surface area contributed by atoms with E-state index in [1.807, 2.05) is 19.9 Å². The number of rotatable bonds is 2. The zero-order chi connectivity index (χ0) is 11.7. The van der Waals surface area contributed by atoms with Crippen LogP contribution in [0, 0.1) is 13.8 Å². The highest BCUT2D eigenvalue weighted by Gasteiger charge is 2.07. The van der Waals surface area contributed by atoms with Crippen LogP contribution in [0.15, 0.2) is 24.4 Å². The predicted octanol–water partition coefficient (Wildman–Crippen LogP) is 2.89. The number of hydrogen-bond acceptors (Lipinski definition) is 2. The van der Waals surface area contributed by atoms with Gasteiger partial charge in [0.05, 0.1) is 7.11 Å². The second kappa shape index (κ2) is 3.93. The third-order valence-corrected chi connectivity index (χ3v) is 2.68. The van der Waals surface area contributed by atoms with Crippen LogP contribution in [-0.2, 0) is 0 Å². The van der Waals surface area contributed by atoms with Gasteiger partial charge in [-0.1, -0.05) is 0 Å². The second-order valence-corrected chi connectivity index (χ2v) is 3.99. The Balaban J connectivity index is 2.52. The lowest BCUT2D eigenvalue weighted by Gasteiger charge is -2.10.